The van der Waals surface area contributed by atoms with E-state index in [1.165, 1.54) is 0 Å². The first-order valence-electron chi connectivity index (χ1n) is 8.93. The molecule has 0 radical (unpaired) electrons. The molecule has 2 heterocycles. The Labute approximate surface area is 168 Å². The van der Waals surface area contributed by atoms with Crippen molar-refractivity contribution in [1.82, 2.24) is 14.8 Å². The van der Waals surface area contributed by atoms with Crippen LogP contribution in [0.1, 0.15) is 29.5 Å². The van der Waals surface area contributed by atoms with E-state index in [2.05, 4.69) is 10.1 Å². The molecule has 0 aliphatic rings. The van der Waals surface area contributed by atoms with Gasteiger partial charge in [0, 0.05) is 38.5 Å². The van der Waals surface area contributed by atoms with Crippen LogP contribution in [0.3, 0.4) is 0 Å². The molecule has 0 saturated heterocycles. The summed E-state index contributed by atoms with van der Waals surface area (Å²) in [5, 5.41) is 4.70. The van der Waals surface area contributed by atoms with E-state index in [1.54, 1.807) is 41.2 Å². The molecule has 0 N–H and O–H groups in total. The number of nitrogens with zero attached hydrogens (tertiary/aromatic N) is 4. The first-order chi connectivity index (χ1) is 13.4. The van der Waals surface area contributed by atoms with Crippen LogP contribution in [-0.2, 0) is 18.3 Å². The zero-order chi connectivity index (χ0) is 20.3. The van der Waals surface area contributed by atoms with Crippen LogP contribution < -0.4 is 4.90 Å². The number of hydrogen-bond donors (Lipinski definition) is 0. The zero-order valence-electron chi connectivity index (χ0n) is 16.0. The van der Waals surface area contributed by atoms with Crippen LogP contribution in [-0.4, -0.2) is 33.5 Å². The van der Waals surface area contributed by atoms with Gasteiger partial charge in [0.1, 0.15) is 5.69 Å². The van der Waals surface area contributed by atoms with E-state index in [1.807, 2.05) is 38.2 Å². The number of aryl methyl sites for hydroxylation is 1. The lowest BCUT2D eigenvalue weighted by Crippen LogP contribution is -2.25. The molecule has 0 fully saturated rings. The van der Waals surface area contributed by atoms with Crippen LogP contribution >= 0.6 is 11.6 Å². The summed E-state index contributed by atoms with van der Waals surface area (Å²) in [4.78, 5) is 30.1. The lowest BCUT2D eigenvalue weighted by atomic mass is 10.1. The second-order valence-electron chi connectivity index (χ2n) is 6.49. The normalized spacial score (nSPS) is 10.7. The first kappa shape index (κ1) is 19.8. The molecule has 144 valence electrons. The van der Waals surface area contributed by atoms with Gasteiger partial charge in [0.2, 0.25) is 5.91 Å². The number of pyridine rings is 1. The number of anilines is 1. The van der Waals surface area contributed by atoms with Crippen molar-refractivity contribution in [3.05, 3.63) is 65.2 Å². The van der Waals surface area contributed by atoms with Crippen molar-refractivity contribution < 1.29 is 9.59 Å². The third-order valence-corrected chi connectivity index (χ3v) is 4.78. The average Bonchev–Trinajstić information content (AvgIpc) is 3.11. The van der Waals surface area contributed by atoms with Gasteiger partial charge in [-0.15, -0.1) is 0 Å². The number of carbonyl (C=O) groups is 2. The van der Waals surface area contributed by atoms with Crippen molar-refractivity contribution in [2.75, 3.05) is 11.9 Å². The number of Topliss-reactive ketones (excluding diaryl/α,β-unsaturated/α-hetero) is 1. The summed E-state index contributed by atoms with van der Waals surface area (Å²) in [6, 6.07) is 10.8. The van der Waals surface area contributed by atoms with Gasteiger partial charge in [0.05, 0.1) is 22.8 Å². The molecule has 0 aliphatic carbocycles. The Balaban J connectivity index is 1.77. The molecule has 28 heavy (non-hydrogen) atoms. The number of amides is 1. The molecule has 6 nitrogen and oxygen atoms in total. The van der Waals surface area contributed by atoms with Gasteiger partial charge in [-0.3, -0.25) is 19.3 Å². The van der Waals surface area contributed by atoms with Gasteiger partial charge in [-0.05, 0) is 29.8 Å². The molecule has 0 atom stereocenters. The van der Waals surface area contributed by atoms with Crippen molar-refractivity contribution in [3.63, 3.8) is 0 Å². The van der Waals surface area contributed by atoms with Crippen LogP contribution in [0.25, 0.3) is 11.1 Å². The number of carbonyl (C=O) groups excluding carboxylic acids is 2. The van der Waals surface area contributed by atoms with Crippen molar-refractivity contribution in [2.24, 2.45) is 7.05 Å². The predicted octanol–water partition coefficient (Wildman–Crippen LogP) is 3.93. The second kappa shape index (κ2) is 8.35. The molecular formula is C21H21ClN4O2. The summed E-state index contributed by atoms with van der Waals surface area (Å²) < 4.78 is 1.66. The van der Waals surface area contributed by atoms with E-state index in [0.717, 1.165) is 11.1 Å². The van der Waals surface area contributed by atoms with E-state index in [-0.39, 0.29) is 18.1 Å². The number of rotatable bonds is 6. The van der Waals surface area contributed by atoms with Gasteiger partial charge in [-0.2, -0.15) is 5.10 Å². The Morgan fingerprint density at radius 2 is 1.89 bits per heavy atom. The maximum absolute atomic E-state index is 12.4. The fraction of sp³-hybridized carbons (Fsp3) is 0.238. The fourth-order valence-corrected chi connectivity index (χ4v) is 3.18. The first-order valence-corrected chi connectivity index (χ1v) is 9.31. The summed E-state index contributed by atoms with van der Waals surface area (Å²) in [5.41, 5.74) is 3.47. The average molecular weight is 397 g/mol. The van der Waals surface area contributed by atoms with Crippen LogP contribution in [0.5, 0.6) is 0 Å². The van der Waals surface area contributed by atoms with Crippen LogP contribution in [0.15, 0.2) is 48.8 Å². The Hall–Kier alpha value is -2.99. The van der Waals surface area contributed by atoms with Gasteiger partial charge in [0.25, 0.3) is 0 Å². The molecule has 0 unspecified atom stereocenters. The van der Waals surface area contributed by atoms with Crippen LogP contribution in [0.4, 0.5) is 5.69 Å². The Bertz CT molecular complexity index is 1010. The van der Waals surface area contributed by atoms with E-state index < -0.39 is 0 Å². The molecule has 2 aromatic heterocycles. The standard InChI is InChI=1S/C21H21ClN4O2/c1-4-21(28)26(3)19-8-6-14(11-17(19)22)15-5-7-18(23-13-15)20(27)12-16-9-10-25(2)24-16/h5-11,13H,4,12H2,1-3H3. The second-order valence-corrected chi connectivity index (χ2v) is 6.89. The minimum absolute atomic E-state index is 0.00733. The molecular weight excluding hydrogens is 376 g/mol. The molecule has 0 saturated carbocycles. The highest BCUT2D eigenvalue weighted by Gasteiger charge is 2.14. The Morgan fingerprint density at radius 3 is 2.46 bits per heavy atom. The SMILES string of the molecule is CCC(=O)N(C)c1ccc(-c2ccc(C(=O)Cc3ccn(C)n3)nc2)cc1Cl. The molecule has 0 spiro atoms. The topological polar surface area (TPSA) is 68.1 Å². The number of ketones is 1. The van der Waals surface area contributed by atoms with Crippen molar-refractivity contribution >= 4 is 29.0 Å². The third kappa shape index (κ3) is 4.28. The van der Waals surface area contributed by atoms with Crippen LogP contribution in [0.2, 0.25) is 5.02 Å². The van der Waals surface area contributed by atoms with E-state index >= 15 is 0 Å². The number of hydrogen-bond acceptors (Lipinski definition) is 4. The molecule has 7 heteroatoms. The van der Waals surface area contributed by atoms with Gasteiger partial charge >= 0.3 is 0 Å². The summed E-state index contributed by atoms with van der Waals surface area (Å²) in [6.07, 6.45) is 4.08. The molecule has 3 rings (SSSR count). The van der Waals surface area contributed by atoms with E-state index in [4.69, 9.17) is 11.6 Å². The highest BCUT2D eigenvalue weighted by molar-refractivity contribution is 6.34. The zero-order valence-corrected chi connectivity index (χ0v) is 16.8. The van der Waals surface area contributed by atoms with Crippen molar-refractivity contribution in [3.8, 4) is 11.1 Å². The lowest BCUT2D eigenvalue weighted by Gasteiger charge is -2.18. The van der Waals surface area contributed by atoms with Crippen LogP contribution in [0, 0.1) is 0 Å². The number of benzene rings is 1. The van der Waals surface area contributed by atoms with Crippen molar-refractivity contribution in [1.29, 1.82) is 0 Å². The maximum Gasteiger partial charge on any atom is 0.226 e. The predicted molar refractivity (Wildman–Crippen MR) is 110 cm³/mol. The molecule has 0 aliphatic heterocycles. The Morgan fingerprint density at radius 1 is 1.14 bits per heavy atom. The fourth-order valence-electron chi connectivity index (χ4n) is 2.87. The third-order valence-electron chi connectivity index (χ3n) is 4.48. The summed E-state index contributed by atoms with van der Waals surface area (Å²) in [6.45, 7) is 1.81. The highest BCUT2D eigenvalue weighted by atomic mass is 35.5. The summed E-state index contributed by atoms with van der Waals surface area (Å²) in [7, 11) is 3.52. The minimum atomic E-state index is -0.0849. The smallest absolute Gasteiger partial charge is 0.226 e. The Kier molecular flexibility index (Phi) is 5.90. The largest absolute Gasteiger partial charge is 0.314 e. The monoisotopic (exact) mass is 396 g/mol. The van der Waals surface area contributed by atoms with Crippen molar-refractivity contribution in [2.45, 2.75) is 19.8 Å². The van der Waals surface area contributed by atoms with Gasteiger partial charge in [-0.1, -0.05) is 30.7 Å². The molecule has 3 aromatic rings. The highest BCUT2D eigenvalue weighted by Crippen LogP contribution is 2.31. The van der Waals surface area contributed by atoms with E-state index in [0.29, 0.717) is 28.5 Å². The van der Waals surface area contributed by atoms with E-state index in [9.17, 15) is 9.59 Å². The number of aromatic nitrogens is 3. The quantitative estimate of drug-likeness (QED) is 0.592. The summed E-state index contributed by atoms with van der Waals surface area (Å²) in [5.74, 6) is -0.0922. The summed E-state index contributed by atoms with van der Waals surface area (Å²) >= 11 is 6.37. The maximum atomic E-state index is 12.4. The number of halogens is 1. The molecule has 1 amide bonds. The lowest BCUT2D eigenvalue weighted by molar-refractivity contribution is -0.118. The van der Waals surface area contributed by atoms with Gasteiger partial charge in [-0.25, -0.2) is 0 Å². The van der Waals surface area contributed by atoms with Gasteiger partial charge in [0.15, 0.2) is 5.78 Å². The van der Waals surface area contributed by atoms with Gasteiger partial charge < -0.3 is 4.90 Å². The molecule has 1 aromatic carbocycles. The minimum Gasteiger partial charge on any atom is -0.314 e. The molecule has 0 bridgehead atoms.